The van der Waals surface area contributed by atoms with Crippen LogP contribution in [0.3, 0.4) is 0 Å². The van der Waals surface area contributed by atoms with Gasteiger partial charge < -0.3 is 9.47 Å². The Bertz CT molecular complexity index is 164. The molecule has 0 aliphatic rings. The van der Waals surface area contributed by atoms with E-state index in [1.807, 2.05) is 0 Å². The fraction of sp³-hybridized carbons (Fsp3) is 0.917. The summed E-state index contributed by atoms with van der Waals surface area (Å²) in [5.74, 6) is -0.240. The molecule has 0 saturated carbocycles. The Labute approximate surface area is 93.1 Å². The van der Waals surface area contributed by atoms with Crippen molar-refractivity contribution < 1.29 is 14.3 Å². The van der Waals surface area contributed by atoms with E-state index in [-0.39, 0.29) is 12.1 Å². The number of hydrogen-bond donors (Lipinski definition) is 0. The molecule has 0 aliphatic carbocycles. The smallest absolute Gasteiger partial charge is 0.334 e. The van der Waals surface area contributed by atoms with E-state index in [9.17, 15) is 4.79 Å². The highest BCUT2D eigenvalue weighted by molar-refractivity contribution is 5.74. The van der Waals surface area contributed by atoms with E-state index in [0.717, 1.165) is 25.7 Å². The molecular formula is C12H24O3. The predicted molar refractivity (Wildman–Crippen MR) is 60.8 cm³/mol. The minimum absolute atomic E-state index is 0.165. The van der Waals surface area contributed by atoms with Crippen molar-refractivity contribution in [2.24, 2.45) is 0 Å². The highest BCUT2D eigenvalue weighted by atomic mass is 16.6. The molecule has 15 heavy (non-hydrogen) atoms. The number of hydrogen-bond acceptors (Lipinski definition) is 3. The van der Waals surface area contributed by atoms with Gasteiger partial charge in [0.05, 0.1) is 12.7 Å². The van der Waals surface area contributed by atoms with Crippen LogP contribution in [0.4, 0.5) is 0 Å². The lowest BCUT2D eigenvalue weighted by molar-refractivity contribution is -0.159. The van der Waals surface area contributed by atoms with Gasteiger partial charge in [-0.25, -0.2) is 4.79 Å². The molecular weight excluding hydrogens is 192 g/mol. The highest BCUT2D eigenvalue weighted by Gasteiger charge is 2.18. The van der Waals surface area contributed by atoms with E-state index < -0.39 is 6.10 Å². The number of unbranched alkanes of at least 4 members (excludes halogenated alkanes) is 1. The first-order valence-electron chi connectivity index (χ1n) is 5.97. The second kappa shape index (κ2) is 8.72. The zero-order chi connectivity index (χ0) is 11.7. The Kier molecular flexibility index (Phi) is 8.38. The van der Waals surface area contributed by atoms with Crippen molar-refractivity contribution in [2.75, 3.05) is 6.61 Å². The zero-order valence-corrected chi connectivity index (χ0v) is 10.4. The van der Waals surface area contributed by atoms with E-state index in [1.54, 1.807) is 6.92 Å². The fourth-order valence-corrected chi connectivity index (χ4v) is 1.26. The van der Waals surface area contributed by atoms with Crippen molar-refractivity contribution in [3.05, 3.63) is 0 Å². The van der Waals surface area contributed by atoms with Crippen LogP contribution in [-0.4, -0.2) is 24.8 Å². The molecule has 0 aromatic heterocycles. The second-order valence-corrected chi connectivity index (χ2v) is 3.74. The summed E-state index contributed by atoms with van der Waals surface area (Å²) in [5.41, 5.74) is 0. The average molecular weight is 216 g/mol. The number of ether oxygens (including phenoxy) is 2. The Balaban J connectivity index is 3.77. The van der Waals surface area contributed by atoms with Crippen LogP contribution in [0.5, 0.6) is 0 Å². The molecule has 3 nitrogen and oxygen atoms in total. The Morgan fingerprint density at radius 1 is 1.20 bits per heavy atom. The molecule has 0 amide bonds. The van der Waals surface area contributed by atoms with Gasteiger partial charge in [0.25, 0.3) is 0 Å². The van der Waals surface area contributed by atoms with E-state index >= 15 is 0 Å². The Morgan fingerprint density at radius 3 is 2.27 bits per heavy atom. The van der Waals surface area contributed by atoms with Crippen molar-refractivity contribution in [3.63, 3.8) is 0 Å². The van der Waals surface area contributed by atoms with Crippen LogP contribution in [-0.2, 0) is 14.3 Å². The third-order valence-corrected chi connectivity index (χ3v) is 2.38. The highest BCUT2D eigenvalue weighted by Crippen LogP contribution is 2.07. The van der Waals surface area contributed by atoms with Crippen molar-refractivity contribution >= 4 is 5.97 Å². The summed E-state index contributed by atoms with van der Waals surface area (Å²) in [6.45, 7) is 8.45. The summed E-state index contributed by atoms with van der Waals surface area (Å²) in [5, 5.41) is 0. The summed E-state index contributed by atoms with van der Waals surface area (Å²) in [4.78, 5) is 11.4. The van der Waals surface area contributed by atoms with Crippen LogP contribution < -0.4 is 0 Å². The maximum Gasteiger partial charge on any atom is 0.334 e. The predicted octanol–water partition coefficient (Wildman–Crippen LogP) is 2.92. The summed E-state index contributed by atoms with van der Waals surface area (Å²) >= 11 is 0. The lowest BCUT2D eigenvalue weighted by Crippen LogP contribution is -2.28. The maximum atomic E-state index is 11.4. The van der Waals surface area contributed by atoms with Crippen LogP contribution in [0.15, 0.2) is 0 Å². The quantitative estimate of drug-likeness (QED) is 0.462. The summed E-state index contributed by atoms with van der Waals surface area (Å²) in [6.07, 6.45) is 3.55. The molecule has 0 bridgehead atoms. The molecule has 0 rings (SSSR count). The molecule has 3 heteroatoms. The van der Waals surface area contributed by atoms with Crippen LogP contribution in [0.2, 0.25) is 0 Å². The van der Waals surface area contributed by atoms with Crippen molar-refractivity contribution in [1.82, 2.24) is 0 Å². The first kappa shape index (κ1) is 14.4. The van der Waals surface area contributed by atoms with Gasteiger partial charge in [-0.15, -0.1) is 0 Å². The lowest BCUT2D eigenvalue weighted by Gasteiger charge is -2.18. The number of carbonyl (C=O) groups excluding carboxylic acids is 1. The van der Waals surface area contributed by atoms with Gasteiger partial charge in [-0.1, -0.05) is 27.2 Å². The van der Waals surface area contributed by atoms with Crippen molar-refractivity contribution in [1.29, 1.82) is 0 Å². The van der Waals surface area contributed by atoms with E-state index in [4.69, 9.17) is 9.47 Å². The normalized spacial score (nSPS) is 12.9. The van der Waals surface area contributed by atoms with E-state index in [1.165, 1.54) is 0 Å². The Hall–Kier alpha value is -0.570. The summed E-state index contributed by atoms with van der Waals surface area (Å²) in [6, 6.07) is 0. The monoisotopic (exact) mass is 216 g/mol. The molecule has 1 atom stereocenters. The SMILES string of the molecule is CCCCOC(=O)C(C)OC(CC)CC. The van der Waals surface area contributed by atoms with Gasteiger partial charge in [-0.2, -0.15) is 0 Å². The molecule has 90 valence electrons. The molecule has 1 unspecified atom stereocenters. The minimum Gasteiger partial charge on any atom is -0.464 e. The lowest BCUT2D eigenvalue weighted by atomic mass is 10.2. The van der Waals surface area contributed by atoms with Gasteiger partial charge in [-0.05, 0) is 26.2 Å². The molecule has 0 fully saturated rings. The summed E-state index contributed by atoms with van der Waals surface area (Å²) < 4.78 is 10.6. The molecule has 0 spiro atoms. The van der Waals surface area contributed by atoms with Gasteiger partial charge in [-0.3, -0.25) is 0 Å². The van der Waals surface area contributed by atoms with Crippen molar-refractivity contribution in [2.45, 2.75) is 65.6 Å². The van der Waals surface area contributed by atoms with Crippen LogP contribution in [0, 0.1) is 0 Å². The molecule has 0 aromatic carbocycles. The molecule has 0 aromatic rings. The zero-order valence-electron chi connectivity index (χ0n) is 10.4. The van der Waals surface area contributed by atoms with Gasteiger partial charge in [0.2, 0.25) is 0 Å². The van der Waals surface area contributed by atoms with E-state index in [0.29, 0.717) is 6.61 Å². The standard InChI is InChI=1S/C12H24O3/c1-5-8-9-14-12(13)10(4)15-11(6-2)7-3/h10-11H,5-9H2,1-4H3. The van der Waals surface area contributed by atoms with Crippen LogP contribution in [0.25, 0.3) is 0 Å². The first-order chi connectivity index (χ1) is 7.15. The molecule has 0 radical (unpaired) electrons. The third kappa shape index (κ3) is 6.50. The Morgan fingerprint density at radius 2 is 1.80 bits per heavy atom. The number of carbonyl (C=O) groups is 1. The minimum atomic E-state index is -0.438. The number of rotatable bonds is 8. The second-order valence-electron chi connectivity index (χ2n) is 3.74. The fourth-order valence-electron chi connectivity index (χ4n) is 1.26. The third-order valence-electron chi connectivity index (χ3n) is 2.38. The molecule has 0 heterocycles. The van der Waals surface area contributed by atoms with Crippen LogP contribution >= 0.6 is 0 Å². The molecule has 0 N–H and O–H groups in total. The first-order valence-corrected chi connectivity index (χ1v) is 5.97. The van der Waals surface area contributed by atoms with Crippen molar-refractivity contribution in [3.8, 4) is 0 Å². The van der Waals surface area contributed by atoms with Gasteiger partial charge in [0, 0.05) is 0 Å². The van der Waals surface area contributed by atoms with Gasteiger partial charge in [0.1, 0.15) is 0 Å². The summed E-state index contributed by atoms with van der Waals surface area (Å²) in [7, 11) is 0. The maximum absolute atomic E-state index is 11.4. The molecule has 0 aliphatic heterocycles. The molecule has 0 saturated heterocycles. The number of esters is 1. The van der Waals surface area contributed by atoms with Crippen LogP contribution in [0.1, 0.15) is 53.4 Å². The van der Waals surface area contributed by atoms with E-state index in [2.05, 4.69) is 20.8 Å². The van der Waals surface area contributed by atoms with Gasteiger partial charge in [0.15, 0.2) is 6.10 Å². The van der Waals surface area contributed by atoms with Gasteiger partial charge >= 0.3 is 5.97 Å². The largest absolute Gasteiger partial charge is 0.464 e. The average Bonchev–Trinajstić information content (AvgIpc) is 2.25. The topological polar surface area (TPSA) is 35.5 Å².